The second-order valence-corrected chi connectivity index (χ2v) is 6.16. The fraction of sp³-hybridized carbons (Fsp3) is 0.158. The SMILES string of the molecule is COC(=O)CCc1csc(-c2ccc(Oc3ccc(F)cc3)cc2)n1. The van der Waals surface area contributed by atoms with Crippen LogP contribution in [0.1, 0.15) is 12.1 Å². The van der Waals surface area contributed by atoms with Crippen molar-refractivity contribution >= 4 is 17.3 Å². The number of nitrogens with zero attached hydrogens (tertiary/aromatic N) is 1. The van der Waals surface area contributed by atoms with Gasteiger partial charge in [0.15, 0.2) is 0 Å². The van der Waals surface area contributed by atoms with E-state index in [9.17, 15) is 9.18 Å². The number of aryl methyl sites for hydroxylation is 1. The van der Waals surface area contributed by atoms with Crippen LogP contribution < -0.4 is 4.74 Å². The van der Waals surface area contributed by atoms with Crippen LogP contribution in [0.2, 0.25) is 0 Å². The van der Waals surface area contributed by atoms with Crippen molar-refractivity contribution in [2.45, 2.75) is 12.8 Å². The van der Waals surface area contributed by atoms with E-state index in [1.54, 1.807) is 12.1 Å². The molecule has 0 saturated heterocycles. The fourth-order valence-corrected chi connectivity index (χ4v) is 3.05. The maximum absolute atomic E-state index is 12.9. The van der Waals surface area contributed by atoms with Gasteiger partial charge in [-0.2, -0.15) is 0 Å². The minimum atomic E-state index is -0.297. The molecule has 4 nitrogen and oxygen atoms in total. The highest BCUT2D eigenvalue weighted by atomic mass is 32.1. The summed E-state index contributed by atoms with van der Waals surface area (Å²) >= 11 is 1.53. The molecule has 0 amide bonds. The highest BCUT2D eigenvalue weighted by Gasteiger charge is 2.08. The molecule has 1 aromatic heterocycles. The molecular weight excluding hydrogens is 341 g/mol. The lowest BCUT2D eigenvalue weighted by Gasteiger charge is -2.06. The number of thiazole rings is 1. The van der Waals surface area contributed by atoms with Gasteiger partial charge in [0.25, 0.3) is 0 Å². The first-order valence-corrected chi connectivity index (χ1v) is 8.57. The number of halogens is 1. The highest BCUT2D eigenvalue weighted by molar-refractivity contribution is 7.13. The van der Waals surface area contributed by atoms with Crippen LogP contribution in [0.25, 0.3) is 10.6 Å². The molecule has 0 N–H and O–H groups in total. The summed E-state index contributed by atoms with van der Waals surface area (Å²) in [7, 11) is 1.38. The molecule has 0 radical (unpaired) electrons. The molecule has 25 heavy (non-hydrogen) atoms. The summed E-state index contributed by atoms with van der Waals surface area (Å²) in [6.07, 6.45) is 0.888. The average Bonchev–Trinajstić information content (AvgIpc) is 3.11. The van der Waals surface area contributed by atoms with E-state index in [-0.39, 0.29) is 11.8 Å². The van der Waals surface area contributed by atoms with Crippen LogP contribution in [0.5, 0.6) is 11.5 Å². The lowest BCUT2D eigenvalue weighted by molar-refractivity contribution is -0.140. The molecule has 0 saturated carbocycles. The van der Waals surface area contributed by atoms with Crippen molar-refractivity contribution < 1.29 is 18.7 Å². The van der Waals surface area contributed by atoms with Crippen LogP contribution in [0.3, 0.4) is 0 Å². The van der Waals surface area contributed by atoms with E-state index in [0.717, 1.165) is 16.3 Å². The van der Waals surface area contributed by atoms with E-state index in [1.165, 1.54) is 30.6 Å². The molecule has 1 heterocycles. The molecule has 0 fully saturated rings. The van der Waals surface area contributed by atoms with Gasteiger partial charge in [0.05, 0.1) is 19.2 Å². The predicted molar refractivity (Wildman–Crippen MR) is 94.4 cm³/mol. The number of ether oxygens (including phenoxy) is 2. The Kier molecular flexibility index (Phi) is 5.40. The van der Waals surface area contributed by atoms with Crippen LogP contribution in [0, 0.1) is 5.82 Å². The lowest BCUT2D eigenvalue weighted by Crippen LogP contribution is -2.01. The van der Waals surface area contributed by atoms with E-state index in [1.807, 2.05) is 29.6 Å². The number of hydrogen-bond donors (Lipinski definition) is 0. The summed E-state index contributed by atoms with van der Waals surface area (Å²) in [5, 5.41) is 2.83. The largest absolute Gasteiger partial charge is 0.469 e. The van der Waals surface area contributed by atoms with Crippen LogP contribution in [-0.2, 0) is 16.0 Å². The first-order chi connectivity index (χ1) is 12.1. The third kappa shape index (κ3) is 4.64. The topological polar surface area (TPSA) is 48.4 Å². The second kappa shape index (κ2) is 7.90. The molecule has 3 rings (SSSR count). The van der Waals surface area contributed by atoms with Crippen molar-refractivity contribution in [1.82, 2.24) is 4.98 Å². The third-order valence-electron chi connectivity index (χ3n) is 3.52. The zero-order chi connectivity index (χ0) is 17.6. The number of methoxy groups -OCH3 is 1. The van der Waals surface area contributed by atoms with E-state index >= 15 is 0 Å². The van der Waals surface area contributed by atoms with Crippen molar-refractivity contribution in [3.63, 3.8) is 0 Å². The normalized spacial score (nSPS) is 10.5. The van der Waals surface area contributed by atoms with Crippen LogP contribution in [0.15, 0.2) is 53.9 Å². The summed E-state index contributed by atoms with van der Waals surface area (Å²) < 4.78 is 23.2. The molecule has 0 aliphatic rings. The number of hydrogen-bond acceptors (Lipinski definition) is 5. The maximum atomic E-state index is 12.9. The van der Waals surface area contributed by atoms with Gasteiger partial charge in [0, 0.05) is 17.4 Å². The lowest BCUT2D eigenvalue weighted by atomic mass is 10.2. The molecule has 3 aromatic rings. The molecule has 0 aliphatic carbocycles. The summed E-state index contributed by atoms with van der Waals surface area (Å²) in [4.78, 5) is 15.7. The van der Waals surface area contributed by atoms with Gasteiger partial charge in [0.2, 0.25) is 0 Å². The smallest absolute Gasteiger partial charge is 0.305 e. The number of benzene rings is 2. The molecular formula is C19H16FNO3S. The average molecular weight is 357 g/mol. The first-order valence-electron chi connectivity index (χ1n) is 7.69. The highest BCUT2D eigenvalue weighted by Crippen LogP contribution is 2.28. The molecule has 6 heteroatoms. The summed E-state index contributed by atoms with van der Waals surface area (Å²) in [6.45, 7) is 0. The van der Waals surface area contributed by atoms with Crippen LogP contribution in [0.4, 0.5) is 4.39 Å². The van der Waals surface area contributed by atoms with Crippen LogP contribution in [-0.4, -0.2) is 18.1 Å². The zero-order valence-corrected chi connectivity index (χ0v) is 14.4. The standard InChI is InChI=1S/C19H16FNO3S/c1-23-18(22)11-6-15-12-25-19(21-15)13-2-7-16(8-3-13)24-17-9-4-14(20)5-10-17/h2-5,7-10,12H,6,11H2,1H3. The van der Waals surface area contributed by atoms with Gasteiger partial charge in [-0.3, -0.25) is 4.79 Å². The second-order valence-electron chi connectivity index (χ2n) is 5.30. The van der Waals surface area contributed by atoms with E-state index in [4.69, 9.17) is 4.74 Å². The van der Waals surface area contributed by atoms with Gasteiger partial charge >= 0.3 is 5.97 Å². The van der Waals surface area contributed by atoms with Crippen LogP contribution >= 0.6 is 11.3 Å². The zero-order valence-electron chi connectivity index (χ0n) is 13.6. The van der Waals surface area contributed by atoms with Crippen molar-refractivity contribution in [3.8, 4) is 22.1 Å². The first kappa shape index (κ1) is 17.1. The minimum Gasteiger partial charge on any atom is -0.469 e. The minimum absolute atomic E-state index is 0.239. The molecule has 0 spiro atoms. The quantitative estimate of drug-likeness (QED) is 0.592. The van der Waals surface area contributed by atoms with E-state index in [2.05, 4.69) is 9.72 Å². The van der Waals surface area contributed by atoms with Crippen molar-refractivity contribution in [2.24, 2.45) is 0 Å². The van der Waals surface area contributed by atoms with Crippen molar-refractivity contribution in [1.29, 1.82) is 0 Å². The Morgan fingerprint density at radius 3 is 2.36 bits per heavy atom. The van der Waals surface area contributed by atoms with Gasteiger partial charge in [-0.15, -0.1) is 11.3 Å². The summed E-state index contributed by atoms with van der Waals surface area (Å²) in [6, 6.07) is 13.4. The summed E-state index contributed by atoms with van der Waals surface area (Å²) in [5.74, 6) is 0.706. The van der Waals surface area contributed by atoms with E-state index < -0.39 is 0 Å². The summed E-state index contributed by atoms with van der Waals surface area (Å²) in [5.41, 5.74) is 1.85. The van der Waals surface area contributed by atoms with Gasteiger partial charge in [-0.1, -0.05) is 0 Å². The van der Waals surface area contributed by atoms with E-state index in [0.29, 0.717) is 24.3 Å². The molecule has 128 valence electrons. The van der Waals surface area contributed by atoms with Gasteiger partial charge < -0.3 is 9.47 Å². The van der Waals surface area contributed by atoms with Crippen molar-refractivity contribution in [3.05, 3.63) is 65.4 Å². The monoisotopic (exact) mass is 357 g/mol. The third-order valence-corrected chi connectivity index (χ3v) is 4.46. The number of carbonyl (C=O) groups is 1. The number of aromatic nitrogens is 1. The molecule has 0 atom stereocenters. The Labute approximate surface area is 148 Å². The number of carbonyl (C=O) groups excluding carboxylic acids is 1. The predicted octanol–water partition coefficient (Wildman–Crippen LogP) is 4.85. The molecule has 0 bridgehead atoms. The fourth-order valence-electron chi connectivity index (χ4n) is 2.19. The molecule has 0 aliphatic heterocycles. The Balaban J connectivity index is 1.65. The number of rotatable bonds is 6. The van der Waals surface area contributed by atoms with Gasteiger partial charge in [-0.05, 0) is 48.5 Å². The Morgan fingerprint density at radius 1 is 1.08 bits per heavy atom. The Hall–Kier alpha value is -2.73. The maximum Gasteiger partial charge on any atom is 0.305 e. The van der Waals surface area contributed by atoms with Gasteiger partial charge in [0.1, 0.15) is 22.3 Å². The van der Waals surface area contributed by atoms with Gasteiger partial charge in [-0.25, -0.2) is 9.37 Å². The number of esters is 1. The molecule has 2 aromatic carbocycles. The Morgan fingerprint density at radius 2 is 1.72 bits per heavy atom. The molecule has 0 unspecified atom stereocenters. The van der Waals surface area contributed by atoms with Crippen molar-refractivity contribution in [2.75, 3.05) is 7.11 Å². The Bertz CT molecular complexity index is 844.